The van der Waals surface area contributed by atoms with Crippen molar-refractivity contribution in [2.24, 2.45) is 0 Å². The highest BCUT2D eigenvalue weighted by molar-refractivity contribution is 7.89. The molecule has 1 aromatic rings. The average molecular weight is 331 g/mol. The Hall–Kier alpha value is -0.620. The monoisotopic (exact) mass is 330 g/mol. The molecule has 1 aliphatic rings. The zero-order valence-electron chi connectivity index (χ0n) is 12.6. The third kappa shape index (κ3) is 3.77. The molecule has 4 nitrogen and oxygen atoms in total. The summed E-state index contributed by atoms with van der Waals surface area (Å²) in [6.45, 7) is 5.40. The SMILES string of the molecule is CCNCc1cc(S(=O)(=O)NC2(CC)CCC2)ccc1Cl. The minimum atomic E-state index is -3.49. The summed E-state index contributed by atoms with van der Waals surface area (Å²) in [5, 5.41) is 3.75. The highest BCUT2D eigenvalue weighted by atomic mass is 35.5. The summed E-state index contributed by atoms with van der Waals surface area (Å²) in [5.74, 6) is 0. The van der Waals surface area contributed by atoms with Crippen molar-refractivity contribution in [2.45, 2.75) is 56.5 Å². The van der Waals surface area contributed by atoms with E-state index in [4.69, 9.17) is 11.6 Å². The predicted molar refractivity (Wildman–Crippen MR) is 86.0 cm³/mol. The van der Waals surface area contributed by atoms with Crippen LogP contribution in [0, 0.1) is 0 Å². The summed E-state index contributed by atoms with van der Waals surface area (Å²) in [6.07, 6.45) is 3.74. The molecular formula is C15H23ClN2O2S. The maximum atomic E-state index is 12.6. The van der Waals surface area contributed by atoms with Crippen LogP contribution in [0.15, 0.2) is 23.1 Å². The Morgan fingerprint density at radius 1 is 1.29 bits per heavy atom. The van der Waals surface area contributed by atoms with Gasteiger partial charge in [-0.15, -0.1) is 0 Å². The first-order valence-corrected chi connectivity index (χ1v) is 9.32. The molecule has 6 heteroatoms. The molecule has 0 radical (unpaired) electrons. The van der Waals surface area contributed by atoms with E-state index in [2.05, 4.69) is 10.0 Å². The van der Waals surface area contributed by atoms with Gasteiger partial charge in [0.05, 0.1) is 4.90 Å². The lowest BCUT2D eigenvalue weighted by atomic mass is 9.76. The first-order chi connectivity index (χ1) is 9.92. The van der Waals surface area contributed by atoms with Crippen molar-refractivity contribution in [3.8, 4) is 0 Å². The molecule has 0 spiro atoms. The van der Waals surface area contributed by atoms with Gasteiger partial charge in [-0.3, -0.25) is 0 Å². The van der Waals surface area contributed by atoms with Crippen molar-refractivity contribution >= 4 is 21.6 Å². The summed E-state index contributed by atoms with van der Waals surface area (Å²) in [6, 6.07) is 4.89. The number of hydrogen-bond acceptors (Lipinski definition) is 3. The first-order valence-electron chi connectivity index (χ1n) is 7.45. The average Bonchev–Trinajstić information content (AvgIpc) is 2.42. The minimum absolute atomic E-state index is 0.250. The number of sulfonamides is 1. The molecule has 0 aliphatic heterocycles. The van der Waals surface area contributed by atoms with Gasteiger partial charge in [0.25, 0.3) is 0 Å². The van der Waals surface area contributed by atoms with E-state index in [-0.39, 0.29) is 5.54 Å². The maximum Gasteiger partial charge on any atom is 0.241 e. The molecule has 118 valence electrons. The van der Waals surface area contributed by atoms with Gasteiger partial charge in [0.2, 0.25) is 10.0 Å². The van der Waals surface area contributed by atoms with Gasteiger partial charge in [-0.2, -0.15) is 0 Å². The summed E-state index contributed by atoms with van der Waals surface area (Å²) in [4.78, 5) is 0.291. The van der Waals surface area contributed by atoms with Gasteiger partial charge >= 0.3 is 0 Å². The topological polar surface area (TPSA) is 58.2 Å². The molecule has 1 saturated carbocycles. The molecule has 0 amide bonds. The van der Waals surface area contributed by atoms with E-state index in [9.17, 15) is 8.42 Å². The largest absolute Gasteiger partial charge is 0.313 e. The molecule has 0 saturated heterocycles. The molecule has 0 aromatic heterocycles. The van der Waals surface area contributed by atoms with Crippen molar-refractivity contribution in [1.82, 2.24) is 10.0 Å². The Kier molecular flexibility index (Phi) is 5.30. The van der Waals surface area contributed by atoms with E-state index in [1.807, 2.05) is 13.8 Å². The summed E-state index contributed by atoms with van der Waals surface area (Å²) >= 11 is 6.13. The van der Waals surface area contributed by atoms with E-state index in [0.29, 0.717) is 16.5 Å². The molecule has 0 bridgehead atoms. The highest BCUT2D eigenvalue weighted by Crippen LogP contribution is 2.36. The smallest absolute Gasteiger partial charge is 0.241 e. The van der Waals surface area contributed by atoms with Crippen LogP contribution in [-0.2, 0) is 16.6 Å². The van der Waals surface area contributed by atoms with Crippen LogP contribution in [0.1, 0.15) is 45.1 Å². The van der Waals surface area contributed by atoms with Crippen molar-refractivity contribution in [3.63, 3.8) is 0 Å². The van der Waals surface area contributed by atoms with E-state index in [0.717, 1.165) is 37.8 Å². The number of rotatable bonds is 7. The zero-order valence-corrected chi connectivity index (χ0v) is 14.1. The van der Waals surface area contributed by atoms with Gasteiger partial charge in [0.15, 0.2) is 0 Å². The molecule has 2 N–H and O–H groups in total. The maximum absolute atomic E-state index is 12.6. The van der Waals surface area contributed by atoms with Crippen molar-refractivity contribution in [3.05, 3.63) is 28.8 Å². The van der Waals surface area contributed by atoms with Gasteiger partial charge < -0.3 is 5.32 Å². The molecular weight excluding hydrogens is 308 g/mol. The van der Waals surface area contributed by atoms with Gasteiger partial charge in [0.1, 0.15) is 0 Å². The molecule has 0 unspecified atom stereocenters. The molecule has 1 aromatic carbocycles. The quantitative estimate of drug-likeness (QED) is 0.807. The Morgan fingerprint density at radius 3 is 2.52 bits per heavy atom. The van der Waals surface area contributed by atoms with E-state index < -0.39 is 10.0 Å². The number of halogens is 1. The van der Waals surface area contributed by atoms with Gasteiger partial charge in [-0.25, -0.2) is 13.1 Å². The zero-order chi connectivity index (χ0) is 15.5. The Labute approximate surface area is 132 Å². The van der Waals surface area contributed by atoms with Crippen LogP contribution in [0.25, 0.3) is 0 Å². The van der Waals surface area contributed by atoms with Crippen molar-refractivity contribution in [1.29, 1.82) is 0 Å². The van der Waals surface area contributed by atoms with Crippen molar-refractivity contribution < 1.29 is 8.42 Å². The van der Waals surface area contributed by atoms with Crippen LogP contribution >= 0.6 is 11.6 Å². The Bertz CT molecular complexity index is 592. The lowest BCUT2D eigenvalue weighted by Crippen LogP contribution is -2.52. The molecule has 2 rings (SSSR count). The van der Waals surface area contributed by atoms with Crippen LogP contribution in [0.5, 0.6) is 0 Å². The molecule has 0 heterocycles. The second kappa shape index (κ2) is 6.65. The van der Waals surface area contributed by atoms with Gasteiger partial charge in [-0.05, 0) is 56.0 Å². The molecule has 1 fully saturated rings. The van der Waals surface area contributed by atoms with Crippen molar-refractivity contribution in [2.75, 3.05) is 6.54 Å². The second-order valence-electron chi connectivity index (χ2n) is 5.63. The predicted octanol–water partition coefficient (Wildman–Crippen LogP) is 3.06. The van der Waals surface area contributed by atoms with Crippen LogP contribution in [0.2, 0.25) is 5.02 Å². The highest BCUT2D eigenvalue weighted by Gasteiger charge is 2.39. The van der Waals surface area contributed by atoms with Gasteiger partial charge in [0, 0.05) is 17.1 Å². The molecule has 21 heavy (non-hydrogen) atoms. The first kappa shape index (κ1) is 16.7. The number of benzene rings is 1. The van der Waals surface area contributed by atoms with Crippen LogP contribution in [-0.4, -0.2) is 20.5 Å². The van der Waals surface area contributed by atoms with Gasteiger partial charge in [-0.1, -0.05) is 25.4 Å². The number of nitrogens with one attached hydrogen (secondary N) is 2. The fourth-order valence-electron chi connectivity index (χ4n) is 2.59. The lowest BCUT2D eigenvalue weighted by molar-refractivity contribution is 0.214. The van der Waals surface area contributed by atoms with E-state index in [1.165, 1.54) is 0 Å². The third-order valence-corrected chi connectivity index (χ3v) is 6.18. The Balaban J connectivity index is 2.23. The lowest BCUT2D eigenvalue weighted by Gasteiger charge is -2.41. The summed E-state index contributed by atoms with van der Waals surface area (Å²) in [7, 11) is -3.49. The van der Waals surface area contributed by atoms with Crippen LogP contribution in [0.3, 0.4) is 0 Å². The summed E-state index contributed by atoms with van der Waals surface area (Å²) < 4.78 is 28.0. The second-order valence-corrected chi connectivity index (χ2v) is 7.72. The van der Waals surface area contributed by atoms with E-state index in [1.54, 1.807) is 18.2 Å². The molecule has 1 aliphatic carbocycles. The van der Waals surface area contributed by atoms with Crippen LogP contribution < -0.4 is 10.0 Å². The Morgan fingerprint density at radius 2 is 2.00 bits per heavy atom. The van der Waals surface area contributed by atoms with E-state index >= 15 is 0 Å². The van der Waals surface area contributed by atoms with Crippen LogP contribution in [0.4, 0.5) is 0 Å². The normalized spacial score (nSPS) is 17.5. The third-order valence-electron chi connectivity index (χ3n) is 4.23. The molecule has 0 atom stereocenters. The minimum Gasteiger partial charge on any atom is -0.313 e. The number of hydrogen-bond donors (Lipinski definition) is 2. The fourth-order valence-corrected chi connectivity index (χ4v) is 4.35. The fraction of sp³-hybridized carbons (Fsp3) is 0.600. The summed E-state index contributed by atoms with van der Waals surface area (Å²) in [5.41, 5.74) is 0.556. The standard InChI is InChI=1S/C15H23ClN2O2S/c1-3-15(8-5-9-15)18-21(19,20)13-6-7-14(16)12(10-13)11-17-4-2/h6-7,10,17-18H,3-5,8-9,11H2,1-2H3.